The van der Waals surface area contributed by atoms with E-state index in [1.165, 1.54) is 24.8 Å². The second-order valence-corrected chi connectivity index (χ2v) is 3.32. The molecule has 0 saturated heterocycles. The van der Waals surface area contributed by atoms with E-state index >= 15 is 0 Å². The highest BCUT2D eigenvalue weighted by Crippen LogP contribution is 2.33. The maximum absolute atomic E-state index is 2.24. The van der Waals surface area contributed by atoms with Crippen LogP contribution in [0.2, 0.25) is 0 Å². The van der Waals surface area contributed by atoms with Gasteiger partial charge in [0, 0.05) is 0 Å². The van der Waals surface area contributed by atoms with Crippen molar-refractivity contribution in [3.05, 3.63) is 36.0 Å². The Labute approximate surface area is 75.7 Å². The largest absolute Gasteiger partial charge is 0.0877 e. The normalized spacial score (nSPS) is 20.7. The fourth-order valence-corrected chi connectivity index (χ4v) is 1.47. The van der Waals surface area contributed by atoms with Crippen molar-refractivity contribution in [1.82, 2.24) is 0 Å². The fourth-order valence-electron chi connectivity index (χ4n) is 1.47. The van der Waals surface area contributed by atoms with E-state index in [4.69, 9.17) is 0 Å². The van der Waals surface area contributed by atoms with E-state index in [0.29, 0.717) is 0 Å². The van der Waals surface area contributed by atoms with Crippen LogP contribution < -0.4 is 0 Å². The minimum absolute atomic E-state index is 0.845. The molecule has 0 aliphatic heterocycles. The highest BCUT2D eigenvalue weighted by molar-refractivity contribution is 5.27. The summed E-state index contributed by atoms with van der Waals surface area (Å²) < 4.78 is 0. The summed E-state index contributed by atoms with van der Waals surface area (Å²) in [7, 11) is 0. The molecule has 0 aromatic carbocycles. The molecule has 0 radical (unpaired) electrons. The molecule has 1 fully saturated rings. The van der Waals surface area contributed by atoms with Crippen LogP contribution in [-0.2, 0) is 0 Å². The molecule has 0 bridgehead atoms. The minimum Gasteiger partial charge on any atom is -0.0877 e. The number of rotatable bonds is 3. The standard InChI is InChI=1S/C12H18/c1-3-5-8-11(7-4-2)12-9-6-10-12/h3-5,7-8,12H,6,9-10H2,1-2H3/b5-3-,7-4-,11-8+. The predicted molar refractivity (Wildman–Crippen MR) is 55.1 cm³/mol. The van der Waals surface area contributed by atoms with Gasteiger partial charge in [0.25, 0.3) is 0 Å². The first-order chi connectivity index (χ1) is 5.88. The average molecular weight is 162 g/mol. The molecule has 0 atom stereocenters. The van der Waals surface area contributed by atoms with Gasteiger partial charge in [0.05, 0.1) is 0 Å². The lowest BCUT2D eigenvalue weighted by molar-refractivity contribution is 0.374. The maximum Gasteiger partial charge on any atom is -0.0162 e. The zero-order valence-electron chi connectivity index (χ0n) is 8.09. The minimum atomic E-state index is 0.845. The molecule has 0 unspecified atom stereocenters. The Bertz CT molecular complexity index is 202. The van der Waals surface area contributed by atoms with E-state index in [2.05, 4.69) is 44.2 Å². The molecule has 1 saturated carbocycles. The third-order valence-corrected chi connectivity index (χ3v) is 2.42. The van der Waals surface area contributed by atoms with Crippen molar-refractivity contribution in [2.45, 2.75) is 33.1 Å². The summed E-state index contributed by atoms with van der Waals surface area (Å²) in [6.45, 7) is 4.15. The van der Waals surface area contributed by atoms with Gasteiger partial charge in [-0.1, -0.05) is 36.8 Å². The van der Waals surface area contributed by atoms with Crippen LogP contribution in [0.25, 0.3) is 0 Å². The van der Waals surface area contributed by atoms with Crippen molar-refractivity contribution in [2.75, 3.05) is 0 Å². The smallest absolute Gasteiger partial charge is 0.0162 e. The lowest BCUT2D eigenvalue weighted by Gasteiger charge is -2.26. The van der Waals surface area contributed by atoms with Crippen LogP contribution in [-0.4, -0.2) is 0 Å². The van der Waals surface area contributed by atoms with Crippen molar-refractivity contribution in [2.24, 2.45) is 5.92 Å². The molecule has 0 aromatic heterocycles. The topological polar surface area (TPSA) is 0 Å². The van der Waals surface area contributed by atoms with Gasteiger partial charge in [-0.3, -0.25) is 0 Å². The number of allylic oxidation sites excluding steroid dienone is 6. The van der Waals surface area contributed by atoms with Crippen molar-refractivity contribution in [3.63, 3.8) is 0 Å². The highest BCUT2D eigenvalue weighted by atomic mass is 14.2. The summed E-state index contributed by atoms with van der Waals surface area (Å²) >= 11 is 0. The summed E-state index contributed by atoms with van der Waals surface area (Å²) in [6, 6.07) is 0. The first kappa shape index (κ1) is 9.31. The van der Waals surface area contributed by atoms with Gasteiger partial charge in [0.1, 0.15) is 0 Å². The van der Waals surface area contributed by atoms with Crippen molar-refractivity contribution >= 4 is 0 Å². The second kappa shape index (κ2) is 4.97. The monoisotopic (exact) mass is 162 g/mol. The quantitative estimate of drug-likeness (QED) is 0.553. The van der Waals surface area contributed by atoms with E-state index in [1.807, 2.05) is 0 Å². The third-order valence-electron chi connectivity index (χ3n) is 2.42. The van der Waals surface area contributed by atoms with Gasteiger partial charge >= 0.3 is 0 Å². The van der Waals surface area contributed by atoms with Crippen molar-refractivity contribution < 1.29 is 0 Å². The molecule has 0 spiro atoms. The summed E-state index contributed by atoms with van der Waals surface area (Å²) in [6.07, 6.45) is 15.0. The Balaban J connectivity index is 2.59. The lowest BCUT2D eigenvalue weighted by Crippen LogP contribution is -2.12. The molecular weight excluding hydrogens is 144 g/mol. The Morgan fingerprint density at radius 2 is 1.92 bits per heavy atom. The summed E-state index contributed by atoms with van der Waals surface area (Å²) in [4.78, 5) is 0. The Morgan fingerprint density at radius 3 is 2.33 bits per heavy atom. The molecule has 0 heterocycles. The van der Waals surface area contributed by atoms with Gasteiger partial charge in [-0.15, -0.1) is 0 Å². The molecule has 12 heavy (non-hydrogen) atoms. The van der Waals surface area contributed by atoms with Gasteiger partial charge in [-0.2, -0.15) is 0 Å². The Kier molecular flexibility index (Phi) is 3.86. The molecule has 66 valence electrons. The van der Waals surface area contributed by atoms with Crippen LogP contribution in [0.1, 0.15) is 33.1 Å². The Hall–Kier alpha value is -0.780. The van der Waals surface area contributed by atoms with E-state index in [1.54, 1.807) is 0 Å². The zero-order valence-corrected chi connectivity index (χ0v) is 8.09. The van der Waals surface area contributed by atoms with Crippen molar-refractivity contribution in [1.29, 1.82) is 0 Å². The van der Waals surface area contributed by atoms with Gasteiger partial charge in [0.15, 0.2) is 0 Å². The zero-order chi connectivity index (χ0) is 8.81. The summed E-state index contributed by atoms with van der Waals surface area (Å²) in [5.41, 5.74) is 1.50. The van der Waals surface area contributed by atoms with Crippen LogP contribution in [0.5, 0.6) is 0 Å². The van der Waals surface area contributed by atoms with Crippen LogP contribution in [0.4, 0.5) is 0 Å². The molecule has 0 N–H and O–H groups in total. The lowest BCUT2D eigenvalue weighted by atomic mass is 9.79. The number of hydrogen-bond donors (Lipinski definition) is 0. The van der Waals surface area contributed by atoms with E-state index in [-0.39, 0.29) is 0 Å². The molecule has 1 aliphatic carbocycles. The molecule has 1 aliphatic rings. The van der Waals surface area contributed by atoms with E-state index in [0.717, 1.165) is 5.92 Å². The maximum atomic E-state index is 2.24. The van der Waals surface area contributed by atoms with Gasteiger partial charge in [-0.25, -0.2) is 0 Å². The Morgan fingerprint density at radius 1 is 1.17 bits per heavy atom. The molecule has 0 heteroatoms. The third kappa shape index (κ3) is 2.37. The molecule has 0 amide bonds. The van der Waals surface area contributed by atoms with Crippen molar-refractivity contribution in [3.8, 4) is 0 Å². The van der Waals surface area contributed by atoms with Crippen LogP contribution in [0, 0.1) is 5.92 Å². The van der Waals surface area contributed by atoms with Gasteiger partial charge in [-0.05, 0) is 38.2 Å². The van der Waals surface area contributed by atoms with Crippen LogP contribution >= 0.6 is 0 Å². The molecule has 1 rings (SSSR count). The van der Waals surface area contributed by atoms with E-state index in [9.17, 15) is 0 Å². The first-order valence-electron chi connectivity index (χ1n) is 4.84. The highest BCUT2D eigenvalue weighted by Gasteiger charge is 2.19. The summed E-state index contributed by atoms with van der Waals surface area (Å²) in [5, 5.41) is 0. The molecular formula is C12H18. The average Bonchev–Trinajstić information content (AvgIpc) is 1.97. The molecule has 0 nitrogen and oxygen atoms in total. The molecule has 0 aromatic rings. The predicted octanol–water partition coefficient (Wildman–Crippen LogP) is 3.87. The SMILES string of the molecule is C\C=C/C=C(\C=C/C)C1CCC1. The van der Waals surface area contributed by atoms with Gasteiger partial charge in [0.2, 0.25) is 0 Å². The fraction of sp³-hybridized carbons (Fsp3) is 0.500. The number of hydrogen-bond acceptors (Lipinski definition) is 0. The van der Waals surface area contributed by atoms with Gasteiger partial charge < -0.3 is 0 Å². The summed E-state index contributed by atoms with van der Waals surface area (Å²) in [5.74, 6) is 0.845. The first-order valence-corrected chi connectivity index (χ1v) is 4.84. The van der Waals surface area contributed by atoms with Crippen LogP contribution in [0.3, 0.4) is 0 Å². The van der Waals surface area contributed by atoms with Crippen LogP contribution in [0.15, 0.2) is 36.0 Å². The second-order valence-electron chi connectivity index (χ2n) is 3.32. The van der Waals surface area contributed by atoms with E-state index < -0.39 is 0 Å².